The van der Waals surface area contributed by atoms with E-state index in [0.717, 1.165) is 51.1 Å². The number of halogens is 14. The lowest BCUT2D eigenvalue weighted by Gasteiger charge is -2.39. The normalized spacial score (nSPS) is 11.1. The topological polar surface area (TPSA) is 237 Å². The van der Waals surface area contributed by atoms with Crippen LogP contribution in [0, 0.1) is 13.8 Å². The highest BCUT2D eigenvalue weighted by Crippen LogP contribution is 2.43. The Morgan fingerprint density at radius 3 is 0.842 bits per heavy atom. The Morgan fingerprint density at radius 1 is 0.315 bits per heavy atom. The van der Waals surface area contributed by atoms with Crippen LogP contribution in [0.5, 0.6) is 5.75 Å². The van der Waals surface area contributed by atoms with E-state index in [-0.39, 0.29) is 65.5 Å². The number of carbonyl (C=O) groups is 3. The Bertz CT molecular complexity index is 6790. The molecule has 14 nitrogen and oxygen atoms in total. The van der Waals surface area contributed by atoms with Gasteiger partial charge >= 0.3 is 5.97 Å². The summed E-state index contributed by atoms with van der Waals surface area (Å²) >= 11 is 83.1. The molecule has 0 unspecified atom stereocenters. The fourth-order valence-electron chi connectivity index (χ4n) is 14.0. The van der Waals surface area contributed by atoms with Crippen molar-refractivity contribution < 1.29 is 50.2 Å². The van der Waals surface area contributed by atoms with Crippen LogP contribution in [0.15, 0.2) is 485 Å². The molecular weight excluding hydrogens is 2230 g/mol. The van der Waals surface area contributed by atoms with Crippen LogP contribution in [0.4, 0.5) is 0 Å². The van der Waals surface area contributed by atoms with Crippen LogP contribution >= 0.6 is 162 Å². The molecule has 0 aliphatic rings. The minimum atomic E-state index is -4.38. The minimum Gasteiger partial charge on any atom is -0.744 e. The van der Waals surface area contributed by atoms with Gasteiger partial charge in [-0.05, 0) is 273 Å². The van der Waals surface area contributed by atoms with E-state index in [2.05, 4.69) is 241 Å². The monoisotopic (exact) mass is 2310 g/mol. The van der Waals surface area contributed by atoms with Crippen LogP contribution in [-0.2, 0) is 70.1 Å². The number of hydrogen-bond donors (Lipinski definition) is 0. The summed E-state index contributed by atoms with van der Waals surface area (Å²) in [6.45, 7) is 7.58. The van der Waals surface area contributed by atoms with Gasteiger partial charge in [0.05, 0.1) is 48.6 Å². The first-order chi connectivity index (χ1) is 69.5. The molecule has 146 heavy (non-hydrogen) atoms. The summed E-state index contributed by atoms with van der Waals surface area (Å²) in [5.74, 6) is -3.00. The first kappa shape index (κ1) is 116. The minimum absolute atomic E-state index is 0.127. The molecule has 0 saturated heterocycles. The SMILES string of the molecule is CC(=O)Oc1ccc(-c2nc(C(Cl)(Cl)Cl)nc(C(Cl)(Cl)Cl)n2)cc1.C[B-](c1ccccc1)(c1ccccc1)c1ccccc1.Cc1ccc(S(=O)(=O)[O-])cc1.Cc1ccc([S+](c2ccc(Cl)cc2)c2ccc(Cl)cc2)cc1.Clc1ccc([S+](c2ccc(Cl)cc2)c2ccc(Cl)cc2)cc1.Clc1ccc([S+](c2ccc(Cl)cc2)c2ccc(Cl)cc2)cc1.O=C([O-])C(=O)c1ccccc1.O=S(=O)([O-])c1cccc2ccccc12. The molecule has 0 atom stereocenters. The Hall–Kier alpha value is -10.4. The van der Waals surface area contributed by atoms with Crippen LogP contribution < -0.4 is 26.2 Å². The quantitative estimate of drug-likeness (QED) is 0.0114. The number of esters is 1. The third-order valence-electron chi connectivity index (χ3n) is 21.1. The van der Waals surface area contributed by atoms with E-state index in [1.807, 2.05) is 104 Å². The number of aliphatic carboxylic acids is 1. The van der Waals surface area contributed by atoms with Crippen LogP contribution in [-0.4, -0.2) is 64.8 Å². The fraction of sp³-hybridized carbons (Fsp3) is 0.0536. The maximum absolute atomic E-state index is 10.9. The zero-order valence-corrected chi connectivity index (χ0v) is 91.9. The van der Waals surface area contributed by atoms with Crippen LogP contribution in [0.1, 0.15) is 40.1 Å². The Balaban J connectivity index is 0.000000161. The summed E-state index contributed by atoms with van der Waals surface area (Å²) in [4.78, 5) is 54.3. The molecular formula is C112H83BCl14N3O11S5-. The Kier molecular flexibility index (Phi) is 43.8. The molecule has 18 aromatic rings. The van der Waals surface area contributed by atoms with Crippen molar-refractivity contribution in [2.45, 2.75) is 89.0 Å². The fourth-order valence-corrected chi connectivity index (χ4v) is 22.8. The number of ketones is 1. The number of carboxylic acids is 1. The van der Waals surface area contributed by atoms with E-state index >= 15 is 0 Å². The number of aryl methyl sites for hydroxylation is 2. The summed E-state index contributed by atoms with van der Waals surface area (Å²) in [6, 6.07) is 136. The average Bonchev–Trinajstić information content (AvgIpc) is 0.771. The maximum atomic E-state index is 10.9. The number of benzene rings is 17. The lowest BCUT2D eigenvalue weighted by atomic mass is 9.17. The first-order valence-corrected chi connectivity index (χ1v) is 55.4. The molecule has 0 spiro atoms. The van der Waals surface area contributed by atoms with Crippen molar-refractivity contribution in [1.82, 2.24) is 15.0 Å². The van der Waals surface area contributed by atoms with Gasteiger partial charge in [-0.15, -0.1) is 0 Å². The van der Waals surface area contributed by atoms with E-state index in [9.17, 15) is 45.4 Å². The Labute approximate surface area is 927 Å². The third-order valence-corrected chi connectivity index (χ3v) is 32.6. The van der Waals surface area contributed by atoms with Gasteiger partial charge in [-0.3, -0.25) is 9.59 Å². The van der Waals surface area contributed by atoms with E-state index in [1.54, 1.807) is 91.0 Å². The number of fused-ring (bicyclic) bond motifs is 1. The predicted octanol–water partition coefficient (Wildman–Crippen LogP) is 30.0. The van der Waals surface area contributed by atoms with Crippen LogP contribution in [0.2, 0.25) is 47.0 Å². The Morgan fingerprint density at radius 2 is 0.575 bits per heavy atom. The number of carbonyl (C=O) groups excluding carboxylic acids is 3. The molecule has 0 radical (unpaired) electrons. The third kappa shape index (κ3) is 35.1. The molecule has 744 valence electrons. The van der Waals surface area contributed by atoms with Gasteiger partial charge < -0.3 is 23.7 Å². The summed E-state index contributed by atoms with van der Waals surface area (Å²) in [5.41, 5.74) is 6.99. The smallest absolute Gasteiger partial charge is 0.308 e. The van der Waals surface area contributed by atoms with Gasteiger partial charge in [0, 0.05) is 58.2 Å². The average molecular weight is 2310 g/mol. The molecule has 0 amide bonds. The van der Waals surface area contributed by atoms with Crippen molar-refractivity contribution in [3.05, 3.63) is 499 Å². The molecule has 34 heteroatoms. The molecule has 0 aliphatic heterocycles. The highest BCUT2D eigenvalue weighted by molar-refractivity contribution is 7.97. The van der Waals surface area contributed by atoms with E-state index < -0.39 is 51.7 Å². The van der Waals surface area contributed by atoms with Crippen molar-refractivity contribution in [2.24, 2.45) is 0 Å². The molecule has 0 N–H and O–H groups in total. The molecule has 18 rings (SSSR count). The van der Waals surface area contributed by atoms with Gasteiger partial charge in [0.25, 0.3) is 0 Å². The molecule has 0 aliphatic carbocycles. The second-order valence-corrected chi connectivity index (χ2v) is 48.4. The molecule has 0 fully saturated rings. The van der Waals surface area contributed by atoms with E-state index in [0.29, 0.717) is 16.7 Å². The summed E-state index contributed by atoms with van der Waals surface area (Å²) in [7, 11) is -9.24. The summed E-state index contributed by atoms with van der Waals surface area (Å²) in [5, 5.41) is 17.2. The number of alkyl halides is 6. The first-order valence-electron chi connectivity index (χ1n) is 43.7. The largest absolute Gasteiger partial charge is 0.744 e. The second kappa shape index (κ2) is 55.2. The molecule has 0 bridgehead atoms. The number of aromatic nitrogens is 3. The molecule has 1 aromatic heterocycles. The van der Waals surface area contributed by atoms with Crippen molar-refractivity contribution in [2.75, 3.05) is 0 Å². The molecule has 0 saturated carbocycles. The van der Waals surface area contributed by atoms with E-state index in [1.165, 1.54) is 103 Å². The molecule has 1 heterocycles. The summed E-state index contributed by atoms with van der Waals surface area (Å²) < 4.78 is 64.9. The van der Waals surface area contributed by atoms with Crippen molar-refractivity contribution in [3.8, 4) is 17.1 Å². The standard InChI is InChI=1S/C19H18B.C19H15Cl2S.2C18H12Cl3S.C13H7Cl6N3O2.C10H8O3S.C8H6O3.C7H8O3S/c1-20(17-11-5-2-6-12-17,18-13-7-3-8-14-18)19-15-9-4-10-16-19;1-14-2-8-17(9-3-14)22(18-10-4-15(20)5-11-18)19-12-6-16(21)7-13-19;2*19-13-1-7-16(8-2-13)22(17-9-3-14(20)4-10-17)18-11-5-15(21)6-12-18;1-6(23)24-8-4-2-7(3-5-8)9-20-10(12(14,15)16)22-11(21-9)13(17,18)19;11-14(12,13)10-7-3-5-8-4-1-2-6-9(8)10;9-7(8(10)11)6-4-2-1-3-5-6;1-6-2-4-7(5-3-6)11(8,9)10/h2-16H,1H3;2-13H,1H3;2*1-12H;2-5H,1H3;1-7H,(H,11,12,13);1-5H,(H,10,11);2-5H,1H3,(H,8,9,10)/q-1;3*+1;;;;/p-3. The van der Waals surface area contributed by atoms with Crippen LogP contribution in [0.3, 0.4) is 0 Å². The van der Waals surface area contributed by atoms with Crippen molar-refractivity contribution in [3.63, 3.8) is 0 Å². The van der Waals surface area contributed by atoms with Gasteiger partial charge in [-0.2, -0.15) is 6.82 Å². The van der Waals surface area contributed by atoms with Gasteiger partial charge in [-0.1, -0.05) is 356 Å². The van der Waals surface area contributed by atoms with Gasteiger partial charge in [0.2, 0.25) is 13.4 Å². The van der Waals surface area contributed by atoms with Crippen molar-refractivity contribution in [1.29, 1.82) is 0 Å². The zero-order valence-electron chi connectivity index (χ0n) is 77.2. The maximum Gasteiger partial charge on any atom is 0.308 e. The lowest BCUT2D eigenvalue weighted by molar-refractivity contribution is -0.296. The number of ether oxygens (including phenoxy) is 1. The summed E-state index contributed by atoms with van der Waals surface area (Å²) in [6.07, 6.45) is -0.912. The lowest BCUT2D eigenvalue weighted by Crippen LogP contribution is -2.64. The number of Topliss-reactive ketones (excluding diaryl/α,β-unsaturated/α-hetero) is 1. The second-order valence-electron chi connectivity index (χ2n) is 31.5. The predicted molar refractivity (Wildman–Crippen MR) is 601 cm³/mol. The zero-order chi connectivity index (χ0) is 105. The highest BCUT2D eigenvalue weighted by Gasteiger charge is 2.36. The van der Waals surface area contributed by atoms with Gasteiger partial charge in [0.1, 0.15) is 32.0 Å². The van der Waals surface area contributed by atoms with Crippen molar-refractivity contribution >= 4 is 266 Å². The van der Waals surface area contributed by atoms with Crippen LogP contribution in [0.25, 0.3) is 22.2 Å². The van der Waals surface area contributed by atoms with E-state index in [4.69, 9.17) is 167 Å². The molecule has 17 aromatic carbocycles. The van der Waals surface area contributed by atoms with Gasteiger partial charge in [0.15, 0.2) is 61.5 Å². The highest BCUT2D eigenvalue weighted by atomic mass is 35.6. The number of hydrogen-bond acceptors (Lipinski definition) is 14. The number of rotatable bonds is 18. The van der Waals surface area contributed by atoms with Gasteiger partial charge in [-0.25, -0.2) is 48.2 Å². The number of nitrogens with zero attached hydrogens (tertiary/aromatic N) is 3. The number of carboxylic acid groups (broad SMARTS) is 1.